The fraction of sp³-hybridized carbons (Fsp3) is 0.414. The number of nitrogens with two attached hydrogens (primary N) is 1. The lowest BCUT2D eigenvalue weighted by molar-refractivity contribution is 0.249. The number of hydrogen-bond donors (Lipinski definition) is 2. The molecule has 0 amide bonds. The van der Waals surface area contributed by atoms with E-state index in [1.54, 1.807) is 0 Å². The van der Waals surface area contributed by atoms with Gasteiger partial charge in [-0.3, -0.25) is 0 Å². The average Bonchev–Trinajstić information content (AvgIpc) is 3.25. The number of aromatic nitrogens is 2. The van der Waals surface area contributed by atoms with Crippen molar-refractivity contribution in [3.8, 4) is 16.9 Å². The van der Waals surface area contributed by atoms with Crippen LogP contribution in [-0.4, -0.2) is 41.1 Å². The van der Waals surface area contributed by atoms with E-state index in [1.807, 2.05) is 6.20 Å². The highest BCUT2D eigenvalue weighted by molar-refractivity contribution is 6.07. The summed E-state index contributed by atoms with van der Waals surface area (Å²) in [7, 11) is 0. The van der Waals surface area contributed by atoms with Gasteiger partial charge in [0.05, 0.1) is 6.61 Å². The number of H-pyrrole nitrogens is 1. The van der Waals surface area contributed by atoms with E-state index in [9.17, 15) is 0 Å². The Morgan fingerprint density at radius 1 is 0.941 bits per heavy atom. The molecule has 3 N–H and O–H groups in total. The van der Waals surface area contributed by atoms with Gasteiger partial charge in [-0.15, -0.1) is 0 Å². The molecular weight excluding hydrogens is 420 g/mol. The lowest BCUT2D eigenvalue weighted by Crippen LogP contribution is -2.25. The first-order valence-electron chi connectivity index (χ1n) is 12.8. The third-order valence-electron chi connectivity index (χ3n) is 6.74. The zero-order chi connectivity index (χ0) is 23.9. The molecule has 4 rings (SSSR count). The van der Waals surface area contributed by atoms with Crippen LogP contribution in [-0.2, 0) is 0 Å². The fourth-order valence-corrected chi connectivity index (χ4v) is 4.52. The van der Waals surface area contributed by atoms with Gasteiger partial charge in [-0.05, 0) is 73.0 Å². The average molecular weight is 459 g/mol. The van der Waals surface area contributed by atoms with Gasteiger partial charge in [0, 0.05) is 35.1 Å². The van der Waals surface area contributed by atoms with E-state index in [0.29, 0.717) is 0 Å². The summed E-state index contributed by atoms with van der Waals surface area (Å²) in [5.74, 6) is 0.923. The topological polar surface area (TPSA) is 67.2 Å². The second-order valence-electron chi connectivity index (χ2n) is 9.05. The van der Waals surface area contributed by atoms with E-state index in [4.69, 9.17) is 10.5 Å². The van der Waals surface area contributed by atoms with Crippen LogP contribution in [0.15, 0.2) is 54.7 Å². The van der Waals surface area contributed by atoms with Crippen molar-refractivity contribution >= 4 is 21.9 Å². The Balaban J connectivity index is 1.49. The number of ether oxygens (including phenoxy) is 1. The molecule has 2 heterocycles. The van der Waals surface area contributed by atoms with Crippen molar-refractivity contribution in [1.29, 1.82) is 0 Å². The van der Waals surface area contributed by atoms with Gasteiger partial charge in [-0.25, -0.2) is 4.98 Å². The molecule has 1 unspecified atom stereocenters. The van der Waals surface area contributed by atoms with Crippen LogP contribution in [0.1, 0.15) is 58.1 Å². The Labute approximate surface area is 203 Å². The van der Waals surface area contributed by atoms with Crippen molar-refractivity contribution < 1.29 is 4.74 Å². The number of nitrogens with one attached hydrogen (secondary N) is 1. The first kappa shape index (κ1) is 24.2. The number of pyridine rings is 1. The first-order chi connectivity index (χ1) is 16.6. The molecule has 180 valence electrons. The Kier molecular flexibility index (Phi) is 8.20. The van der Waals surface area contributed by atoms with Crippen LogP contribution in [0.2, 0.25) is 0 Å². The molecule has 4 aromatic rings. The van der Waals surface area contributed by atoms with E-state index in [2.05, 4.69) is 84.2 Å². The van der Waals surface area contributed by atoms with Gasteiger partial charge in [0.2, 0.25) is 0 Å². The van der Waals surface area contributed by atoms with Crippen LogP contribution >= 0.6 is 0 Å². The van der Waals surface area contributed by atoms with Crippen LogP contribution in [0.4, 0.5) is 0 Å². The van der Waals surface area contributed by atoms with Crippen molar-refractivity contribution in [1.82, 2.24) is 14.9 Å². The number of fused-ring (bicyclic) bond motifs is 3. The molecule has 0 aliphatic carbocycles. The van der Waals surface area contributed by atoms with Crippen LogP contribution in [0.25, 0.3) is 33.1 Å². The SMILES string of the molecule is CCCCC(N)c1cnc2[nH]c3ccc(-c4ccc(OCCCN(CC)CC)cc4)cc3c2c1. The third-order valence-corrected chi connectivity index (χ3v) is 6.74. The van der Waals surface area contributed by atoms with Gasteiger partial charge in [0.1, 0.15) is 11.4 Å². The number of hydrogen-bond acceptors (Lipinski definition) is 4. The maximum atomic E-state index is 6.43. The summed E-state index contributed by atoms with van der Waals surface area (Å²) in [6, 6.07) is 17.2. The summed E-state index contributed by atoms with van der Waals surface area (Å²) in [5.41, 5.74) is 11.9. The molecule has 0 saturated carbocycles. The van der Waals surface area contributed by atoms with E-state index in [-0.39, 0.29) is 6.04 Å². The quantitative estimate of drug-likeness (QED) is 0.232. The molecule has 0 saturated heterocycles. The van der Waals surface area contributed by atoms with Crippen LogP contribution in [0.5, 0.6) is 5.75 Å². The Bertz CT molecular complexity index is 1190. The molecule has 1 atom stereocenters. The molecule has 0 aliphatic rings. The molecule has 5 nitrogen and oxygen atoms in total. The molecule has 0 aliphatic heterocycles. The summed E-state index contributed by atoms with van der Waals surface area (Å²) in [5, 5.41) is 2.32. The zero-order valence-corrected chi connectivity index (χ0v) is 20.8. The van der Waals surface area contributed by atoms with Crippen molar-refractivity contribution in [2.45, 2.75) is 52.5 Å². The maximum absolute atomic E-state index is 6.43. The summed E-state index contributed by atoms with van der Waals surface area (Å²) in [4.78, 5) is 10.5. The van der Waals surface area contributed by atoms with Crippen molar-refractivity contribution in [3.63, 3.8) is 0 Å². The lowest BCUT2D eigenvalue weighted by Gasteiger charge is -2.17. The highest BCUT2D eigenvalue weighted by Gasteiger charge is 2.12. The second kappa shape index (κ2) is 11.5. The Hall–Kier alpha value is -2.89. The minimum atomic E-state index is 0.0320. The predicted molar refractivity (Wildman–Crippen MR) is 143 cm³/mol. The number of benzene rings is 2. The monoisotopic (exact) mass is 458 g/mol. The van der Waals surface area contributed by atoms with E-state index in [0.717, 1.165) is 79.8 Å². The summed E-state index contributed by atoms with van der Waals surface area (Å²) in [6.07, 6.45) is 6.23. The van der Waals surface area contributed by atoms with E-state index >= 15 is 0 Å². The number of rotatable bonds is 12. The minimum absolute atomic E-state index is 0.0320. The number of aromatic amines is 1. The van der Waals surface area contributed by atoms with Crippen molar-refractivity contribution in [2.24, 2.45) is 5.73 Å². The minimum Gasteiger partial charge on any atom is -0.494 e. The third kappa shape index (κ3) is 5.60. The molecule has 0 fully saturated rings. The van der Waals surface area contributed by atoms with Gasteiger partial charge in [0.15, 0.2) is 0 Å². The zero-order valence-electron chi connectivity index (χ0n) is 20.8. The summed E-state index contributed by atoms with van der Waals surface area (Å²) < 4.78 is 5.96. The van der Waals surface area contributed by atoms with Crippen LogP contribution in [0.3, 0.4) is 0 Å². The molecule has 0 bridgehead atoms. The summed E-state index contributed by atoms with van der Waals surface area (Å²) in [6.45, 7) is 10.6. The molecule has 34 heavy (non-hydrogen) atoms. The van der Waals surface area contributed by atoms with Crippen LogP contribution < -0.4 is 10.5 Å². The van der Waals surface area contributed by atoms with Crippen LogP contribution in [0, 0.1) is 0 Å². The normalized spacial score (nSPS) is 12.6. The van der Waals surface area contributed by atoms with Gasteiger partial charge < -0.3 is 20.4 Å². The molecule has 0 spiro atoms. The van der Waals surface area contributed by atoms with E-state index < -0.39 is 0 Å². The van der Waals surface area contributed by atoms with Gasteiger partial charge in [-0.2, -0.15) is 0 Å². The number of unbranched alkanes of at least 4 members (excludes halogenated alkanes) is 1. The summed E-state index contributed by atoms with van der Waals surface area (Å²) >= 11 is 0. The van der Waals surface area contributed by atoms with Crippen molar-refractivity contribution in [3.05, 3.63) is 60.3 Å². The van der Waals surface area contributed by atoms with Gasteiger partial charge >= 0.3 is 0 Å². The second-order valence-corrected chi connectivity index (χ2v) is 9.05. The molecule has 0 radical (unpaired) electrons. The predicted octanol–water partition coefficient (Wildman–Crippen LogP) is 6.68. The molecule has 5 heteroatoms. The largest absolute Gasteiger partial charge is 0.494 e. The maximum Gasteiger partial charge on any atom is 0.138 e. The van der Waals surface area contributed by atoms with Gasteiger partial charge in [0.25, 0.3) is 0 Å². The molecular formula is C29H38N4O. The highest BCUT2D eigenvalue weighted by atomic mass is 16.5. The highest BCUT2D eigenvalue weighted by Crippen LogP contribution is 2.31. The molecule has 2 aromatic heterocycles. The first-order valence-corrected chi connectivity index (χ1v) is 12.8. The standard InChI is InChI=1S/C29H38N4O/c1-4-7-9-27(30)23-19-26-25-18-22(12-15-28(25)32-29(26)31-20-23)21-10-13-24(14-11-21)34-17-8-16-33(5-2)6-3/h10-15,18-20,27H,4-9,16-17,30H2,1-3H3,(H,31,32). The van der Waals surface area contributed by atoms with E-state index in [1.165, 1.54) is 16.5 Å². The number of nitrogens with zero attached hydrogens (tertiary/aromatic N) is 2. The Morgan fingerprint density at radius 3 is 2.44 bits per heavy atom. The lowest BCUT2D eigenvalue weighted by atomic mass is 10.0. The fourth-order valence-electron chi connectivity index (χ4n) is 4.52. The smallest absolute Gasteiger partial charge is 0.138 e. The van der Waals surface area contributed by atoms with Gasteiger partial charge in [-0.1, -0.05) is 51.8 Å². The van der Waals surface area contributed by atoms with Crippen molar-refractivity contribution in [2.75, 3.05) is 26.2 Å². The molecule has 2 aromatic carbocycles. The Morgan fingerprint density at radius 2 is 1.71 bits per heavy atom.